The van der Waals surface area contributed by atoms with Crippen molar-refractivity contribution >= 4 is 22.2 Å². The molecule has 1 atom stereocenters. The molecule has 0 aliphatic heterocycles. The summed E-state index contributed by atoms with van der Waals surface area (Å²) in [5, 5.41) is 0. The quantitative estimate of drug-likeness (QED) is 0.556. The Hall–Kier alpha value is -0.700. The Bertz CT molecular complexity index is 262. The van der Waals surface area contributed by atoms with Crippen LogP contribution in [0, 0.1) is 6.92 Å². The fourth-order valence-electron chi connectivity index (χ4n) is 0.780. The summed E-state index contributed by atoms with van der Waals surface area (Å²) in [5.74, 6) is 0. The summed E-state index contributed by atoms with van der Waals surface area (Å²) in [4.78, 5) is 14.1. The molecule has 0 saturated heterocycles. The van der Waals surface area contributed by atoms with Crippen molar-refractivity contribution in [2.45, 2.75) is 11.8 Å². The zero-order valence-electron chi connectivity index (χ0n) is 6.12. The van der Waals surface area contributed by atoms with E-state index in [2.05, 4.69) is 20.9 Å². The Labute approximate surface area is 73.8 Å². The van der Waals surface area contributed by atoms with Crippen LogP contribution in [0.1, 0.15) is 16.1 Å². The van der Waals surface area contributed by atoms with Crippen molar-refractivity contribution in [2.75, 3.05) is 0 Å². The summed E-state index contributed by atoms with van der Waals surface area (Å²) >= 11 is 3.19. The van der Waals surface area contributed by atoms with Gasteiger partial charge in [-0.05, 0) is 24.6 Å². The van der Waals surface area contributed by atoms with Gasteiger partial charge in [0.05, 0.1) is 5.69 Å². The maximum atomic E-state index is 10.3. The van der Waals surface area contributed by atoms with E-state index in [1.54, 1.807) is 6.20 Å². The number of rotatable bonds is 2. The molecule has 0 radical (unpaired) electrons. The highest BCUT2D eigenvalue weighted by molar-refractivity contribution is 9.09. The minimum Gasteiger partial charge on any atom is -0.302 e. The molecule has 0 amide bonds. The summed E-state index contributed by atoms with van der Waals surface area (Å²) in [6.45, 7) is 1.97. The zero-order valence-corrected chi connectivity index (χ0v) is 7.71. The van der Waals surface area contributed by atoms with Crippen molar-refractivity contribution in [3.63, 3.8) is 0 Å². The molecule has 0 unspecified atom stereocenters. The summed E-state index contributed by atoms with van der Waals surface area (Å²) in [6, 6.07) is 3.78. The lowest BCUT2D eigenvalue weighted by atomic mass is 10.2. The van der Waals surface area contributed by atoms with Gasteiger partial charge in [-0.15, -0.1) is 0 Å². The fourth-order valence-corrected chi connectivity index (χ4v) is 1.03. The highest BCUT2D eigenvalue weighted by Gasteiger charge is 2.05. The summed E-state index contributed by atoms with van der Waals surface area (Å²) in [7, 11) is 0. The van der Waals surface area contributed by atoms with Gasteiger partial charge in [0, 0.05) is 6.20 Å². The number of halogens is 1. The van der Waals surface area contributed by atoms with E-state index in [0.717, 1.165) is 17.5 Å². The van der Waals surface area contributed by atoms with Crippen molar-refractivity contribution in [2.24, 2.45) is 0 Å². The Morgan fingerprint density at radius 1 is 1.73 bits per heavy atom. The molecule has 1 aromatic heterocycles. The average Bonchev–Trinajstić information content (AvgIpc) is 2.03. The highest BCUT2D eigenvalue weighted by Crippen LogP contribution is 2.17. The number of nitrogens with zero attached hydrogens (tertiary/aromatic N) is 1. The number of carbonyl (C=O) groups excluding carboxylic acids is 1. The number of carbonyl (C=O) groups is 1. The van der Waals surface area contributed by atoms with Gasteiger partial charge in [0.1, 0.15) is 11.1 Å². The molecule has 3 heteroatoms. The van der Waals surface area contributed by atoms with Crippen LogP contribution in [0.25, 0.3) is 0 Å². The Morgan fingerprint density at radius 3 is 3.00 bits per heavy atom. The smallest absolute Gasteiger partial charge is 0.139 e. The fraction of sp³-hybridized carbons (Fsp3) is 0.250. The van der Waals surface area contributed by atoms with E-state index in [4.69, 9.17) is 0 Å². The number of aryl methyl sites for hydroxylation is 1. The molecule has 0 spiro atoms. The van der Waals surface area contributed by atoms with Crippen LogP contribution in [-0.4, -0.2) is 11.3 Å². The minimum atomic E-state index is -0.276. The SMILES string of the molecule is Cc1ccnc([C@H](Br)C=O)c1. The summed E-state index contributed by atoms with van der Waals surface area (Å²) in [6.07, 6.45) is 2.52. The molecule has 0 fully saturated rings. The average molecular weight is 214 g/mol. The second-order valence-electron chi connectivity index (χ2n) is 2.30. The lowest BCUT2D eigenvalue weighted by Crippen LogP contribution is -1.94. The van der Waals surface area contributed by atoms with E-state index < -0.39 is 0 Å². The topological polar surface area (TPSA) is 30.0 Å². The summed E-state index contributed by atoms with van der Waals surface area (Å²) in [5.41, 5.74) is 1.88. The first-order chi connectivity index (χ1) is 5.24. The number of hydrogen-bond donors (Lipinski definition) is 0. The van der Waals surface area contributed by atoms with E-state index in [0.29, 0.717) is 0 Å². The van der Waals surface area contributed by atoms with Gasteiger partial charge in [-0.1, -0.05) is 15.9 Å². The molecule has 1 heterocycles. The van der Waals surface area contributed by atoms with Crippen LogP contribution < -0.4 is 0 Å². The van der Waals surface area contributed by atoms with Crippen LogP contribution >= 0.6 is 15.9 Å². The van der Waals surface area contributed by atoms with Gasteiger partial charge in [0.15, 0.2) is 0 Å². The highest BCUT2D eigenvalue weighted by atomic mass is 79.9. The van der Waals surface area contributed by atoms with Gasteiger partial charge in [-0.2, -0.15) is 0 Å². The normalized spacial score (nSPS) is 12.5. The van der Waals surface area contributed by atoms with Crippen LogP contribution in [0.15, 0.2) is 18.3 Å². The standard InChI is InChI=1S/C8H8BrNO/c1-6-2-3-10-8(4-6)7(9)5-11/h2-5,7H,1H3/t7-/m1/s1. The third kappa shape index (κ3) is 2.12. The van der Waals surface area contributed by atoms with Crippen molar-refractivity contribution < 1.29 is 4.79 Å². The van der Waals surface area contributed by atoms with Crippen molar-refractivity contribution in [1.82, 2.24) is 4.98 Å². The number of hydrogen-bond acceptors (Lipinski definition) is 2. The second-order valence-corrected chi connectivity index (χ2v) is 3.28. The van der Waals surface area contributed by atoms with Crippen molar-refractivity contribution in [3.8, 4) is 0 Å². The van der Waals surface area contributed by atoms with Gasteiger partial charge in [0.2, 0.25) is 0 Å². The van der Waals surface area contributed by atoms with Gasteiger partial charge in [-0.3, -0.25) is 4.98 Å². The van der Waals surface area contributed by atoms with Crippen molar-refractivity contribution in [3.05, 3.63) is 29.6 Å². The first-order valence-corrected chi connectivity index (χ1v) is 4.17. The zero-order chi connectivity index (χ0) is 8.27. The summed E-state index contributed by atoms with van der Waals surface area (Å²) < 4.78 is 0. The minimum absolute atomic E-state index is 0.276. The van der Waals surface area contributed by atoms with E-state index in [1.807, 2.05) is 19.1 Å². The van der Waals surface area contributed by atoms with Gasteiger partial charge < -0.3 is 4.79 Å². The molecule has 2 nitrogen and oxygen atoms in total. The lowest BCUT2D eigenvalue weighted by Gasteiger charge is -2.00. The lowest BCUT2D eigenvalue weighted by molar-refractivity contribution is -0.107. The second kappa shape index (κ2) is 3.62. The molecule has 1 aromatic rings. The van der Waals surface area contributed by atoms with Crippen LogP contribution in [0.5, 0.6) is 0 Å². The number of aromatic nitrogens is 1. The Morgan fingerprint density at radius 2 is 2.45 bits per heavy atom. The number of alkyl halides is 1. The third-order valence-electron chi connectivity index (χ3n) is 1.34. The van der Waals surface area contributed by atoms with Crippen molar-refractivity contribution in [1.29, 1.82) is 0 Å². The maximum Gasteiger partial charge on any atom is 0.139 e. The molecular weight excluding hydrogens is 206 g/mol. The molecule has 0 aromatic carbocycles. The van der Waals surface area contributed by atoms with E-state index in [9.17, 15) is 4.79 Å². The Kier molecular flexibility index (Phi) is 2.76. The maximum absolute atomic E-state index is 10.3. The first kappa shape index (κ1) is 8.40. The largest absolute Gasteiger partial charge is 0.302 e. The van der Waals surface area contributed by atoms with E-state index in [1.165, 1.54) is 0 Å². The van der Waals surface area contributed by atoms with Crippen LogP contribution in [-0.2, 0) is 4.79 Å². The number of pyridine rings is 1. The van der Waals surface area contributed by atoms with Gasteiger partial charge in [0.25, 0.3) is 0 Å². The van der Waals surface area contributed by atoms with Crippen LogP contribution in [0.3, 0.4) is 0 Å². The molecule has 0 N–H and O–H groups in total. The molecule has 0 aliphatic carbocycles. The third-order valence-corrected chi connectivity index (χ3v) is 2.02. The van der Waals surface area contributed by atoms with E-state index in [-0.39, 0.29) is 4.83 Å². The van der Waals surface area contributed by atoms with Crippen LogP contribution in [0.4, 0.5) is 0 Å². The predicted octanol–water partition coefficient (Wildman–Crippen LogP) is 2.02. The van der Waals surface area contributed by atoms with Gasteiger partial charge >= 0.3 is 0 Å². The molecular formula is C8H8BrNO. The molecule has 11 heavy (non-hydrogen) atoms. The molecule has 0 aliphatic rings. The molecule has 1 rings (SSSR count). The first-order valence-electron chi connectivity index (χ1n) is 3.26. The molecule has 0 saturated carbocycles. The van der Waals surface area contributed by atoms with E-state index >= 15 is 0 Å². The molecule has 0 bridgehead atoms. The Balaban J connectivity index is 2.95. The monoisotopic (exact) mass is 213 g/mol. The number of aldehydes is 1. The molecule has 58 valence electrons. The predicted molar refractivity (Wildman–Crippen MR) is 46.7 cm³/mol. The van der Waals surface area contributed by atoms with Crippen LogP contribution in [0.2, 0.25) is 0 Å². The van der Waals surface area contributed by atoms with Gasteiger partial charge in [-0.25, -0.2) is 0 Å².